The summed E-state index contributed by atoms with van der Waals surface area (Å²) in [6, 6.07) is 13.8. The highest BCUT2D eigenvalue weighted by molar-refractivity contribution is 7.99. The first-order chi connectivity index (χ1) is 11.8. The Kier molecular flexibility index (Phi) is 5.57. The van der Waals surface area contributed by atoms with Crippen molar-refractivity contribution in [2.24, 2.45) is 0 Å². The first kappa shape index (κ1) is 16.2. The third-order valence-electron chi connectivity index (χ3n) is 3.25. The molecule has 3 rings (SSSR count). The number of amides is 1. The van der Waals surface area contributed by atoms with E-state index in [1.54, 1.807) is 41.1 Å². The van der Waals surface area contributed by atoms with Crippen molar-refractivity contribution in [3.63, 3.8) is 0 Å². The van der Waals surface area contributed by atoms with Gasteiger partial charge in [-0.1, -0.05) is 18.2 Å². The Labute approximate surface area is 144 Å². The lowest BCUT2D eigenvalue weighted by atomic mass is 10.3. The van der Waals surface area contributed by atoms with Crippen LogP contribution < -0.4 is 5.32 Å². The molecule has 0 aliphatic carbocycles. The average Bonchev–Trinajstić information content (AvgIpc) is 3.15. The van der Waals surface area contributed by atoms with Crippen LogP contribution in [-0.2, 0) is 4.79 Å². The molecule has 0 aliphatic heterocycles. The Morgan fingerprint density at radius 1 is 1.17 bits per heavy atom. The maximum atomic E-state index is 12.0. The molecule has 1 aromatic carbocycles. The number of nitrogens with one attached hydrogen (secondary N) is 1. The van der Waals surface area contributed by atoms with Gasteiger partial charge in [0.25, 0.3) is 0 Å². The second-order valence-corrected chi connectivity index (χ2v) is 6.23. The summed E-state index contributed by atoms with van der Waals surface area (Å²) < 4.78 is 1.56. The molecule has 24 heavy (non-hydrogen) atoms. The molecule has 2 aromatic heterocycles. The Morgan fingerprint density at radius 2 is 2.04 bits per heavy atom. The zero-order chi connectivity index (χ0) is 16.6. The van der Waals surface area contributed by atoms with Gasteiger partial charge >= 0.3 is 0 Å². The number of nitrogens with zero attached hydrogens (tertiary/aromatic N) is 4. The molecule has 0 saturated carbocycles. The minimum Gasteiger partial charge on any atom is -0.325 e. The van der Waals surface area contributed by atoms with Crippen molar-refractivity contribution in [2.45, 2.75) is 17.7 Å². The van der Waals surface area contributed by atoms with Crippen molar-refractivity contribution in [3.8, 4) is 5.82 Å². The maximum Gasteiger partial charge on any atom is 0.224 e. The highest BCUT2D eigenvalue weighted by Gasteiger charge is 2.04. The molecule has 0 atom stereocenters. The van der Waals surface area contributed by atoms with Gasteiger partial charge in [0.2, 0.25) is 5.91 Å². The molecular formula is C17H17N5OS. The van der Waals surface area contributed by atoms with Gasteiger partial charge in [-0.3, -0.25) is 4.79 Å². The molecular weight excluding hydrogens is 322 g/mol. The zero-order valence-electron chi connectivity index (χ0n) is 13.0. The van der Waals surface area contributed by atoms with E-state index in [4.69, 9.17) is 0 Å². The van der Waals surface area contributed by atoms with Crippen LogP contribution in [-0.4, -0.2) is 31.4 Å². The van der Waals surface area contributed by atoms with Gasteiger partial charge in [0.1, 0.15) is 12.7 Å². The van der Waals surface area contributed by atoms with Crippen LogP contribution in [0.4, 0.5) is 5.69 Å². The minimum absolute atomic E-state index is 0.000956. The minimum atomic E-state index is -0.000956. The highest BCUT2D eigenvalue weighted by Crippen LogP contribution is 2.18. The number of rotatable bonds is 7. The van der Waals surface area contributed by atoms with Crippen LogP contribution in [0.3, 0.4) is 0 Å². The van der Waals surface area contributed by atoms with Crippen LogP contribution in [0.15, 0.2) is 66.2 Å². The number of hydrogen-bond donors (Lipinski definition) is 1. The molecule has 0 aliphatic rings. The SMILES string of the molecule is O=C(CCCSc1ccccc1)Nc1ccc(-n2cncn2)nc1. The van der Waals surface area contributed by atoms with E-state index in [9.17, 15) is 4.79 Å². The van der Waals surface area contributed by atoms with Crippen molar-refractivity contribution in [1.82, 2.24) is 19.7 Å². The summed E-state index contributed by atoms with van der Waals surface area (Å²) in [5.41, 5.74) is 0.680. The number of benzene rings is 1. The largest absolute Gasteiger partial charge is 0.325 e. The number of carbonyl (C=O) groups excluding carboxylic acids is 1. The van der Waals surface area contributed by atoms with E-state index >= 15 is 0 Å². The molecule has 0 spiro atoms. The van der Waals surface area contributed by atoms with Gasteiger partial charge in [0, 0.05) is 11.3 Å². The lowest BCUT2D eigenvalue weighted by Gasteiger charge is -2.06. The smallest absolute Gasteiger partial charge is 0.224 e. The Bertz CT molecular complexity index is 759. The molecule has 1 N–H and O–H groups in total. The van der Waals surface area contributed by atoms with Gasteiger partial charge in [0.05, 0.1) is 11.9 Å². The Balaban J connectivity index is 1.42. The average molecular weight is 339 g/mol. The molecule has 1 amide bonds. The maximum absolute atomic E-state index is 12.0. The summed E-state index contributed by atoms with van der Waals surface area (Å²) in [7, 11) is 0. The van der Waals surface area contributed by atoms with E-state index in [1.165, 1.54) is 11.2 Å². The van der Waals surface area contributed by atoms with Crippen molar-refractivity contribution < 1.29 is 4.79 Å². The van der Waals surface area contributed by atoms with Crippen LogP contribution in [0.25, 0.3) is 5.82 Å². The fraction of sp³-hybridized carbons (Fsp3) is 0.176. The number of hydrogen-bond acceptors (Lipinski definition) is 5. The quantitative estimate of drug-likeness (QED) is 0.529. The van der Waals surface area contributed by atoms with Gasteiger partial charge in [0.15, 0.2) is 5.82 Å². The predicted molar refractivity (Wildman–Crippen MR) is 94.2 cm³/mol. The molecule has 6 nitrogen and oxygen atoms in total. The lowest BCUT2D eigenvalue weighted by Crippen LogP contribution is -2.12. The van der Waals surface area contributed by atoms with Gasteiger partial charge in [-0.25, -0.2) is 14.6 Å². The van der Waals surface area contributed by atoms with Gasteiger partial charge < -0.3 is 5.32 Å². The summed E-state index contributed by atoms with van der Waals surface area (Å²) in [5, 5.41) is 6.86. The number of carbonyl (C=O) groups is 1. The van der Waals surface area contributed by atoms with Crippen LogP contribution in [0, 0.1) is 0 Å². The van der Waals surface area contributed by atoms with E-state index in [2.05, 4.69) is 32.5 Å². The van der Waals surface area contributed by atoms with E-state index in [1.807, 2.05) is 18.2 Å². The fourth-order valence-electron chi connectivity index (χ4n) is 2.09. The van der Waals surface area contributed by atoms with Crippen molar-refractivity contribution >= 4 is 23.4 Å². The number of thioether (sulfide) groups is 1. The normalized spacial score (nSPS) is 10.5. The topological polar surface area (TPSA) is 72.7 Å². The molecule has 2 heterocycles. The Morgan fingerprint density at radius 3 is 2.75 bits per heavy atom. The predicted octanol–water partition coefficient (Wildman–Crippen LogP) is 3.17. The summed E-state index contributed by atoms with van der Waals surface area (Å²) >= 11 is 1.76. The number of anilines is 1. The summed E-state index contributed by atoms with van der Waals surface area (Å²) in [5.74, 6) is 1.57. The first-order valence-electron chi connectivity index (χ1n) is 7.60. The van der Waals surface area contributed by atoms with Crippen molar-refractivity contribution in [2.75, 3.05) is 11.1 Å². The van der Waals surface area contributed by atoms with E-state index in [0.29, 0.717) is 17.9 Å². The van der Waals surface area contributed by atoms with Gasteiger partial charge in [-0.05, 0) is 36.4 Å². The van der Waals surface area contributed by atoms with Crippen molar-refractivity contribution in [3.05, 3.63) is 61.3 Å². The number of pyridine rings is 1. The van der Waals surface area contributed by atoms with Crippen LogP contribution >= 0.6 is 11.8 Å². The highest BCUT2D eigenvalue weighted by atomic mass is 32.2. The first-order valence-corrected chi connectivity index (χ1v) is 8.58. The number of aromatic nitrogens is 4. The summed E-state index contributed by atoms with van der Waals surface area (Å²) in [6.45, 7) is 0. The molecule has 7 heteroatoms. The summed E-state index contributed by atoms with van der Waals surface area (Å²) in [6.07, 6.45) is 5.96. The summed E-state index contributed by atoms with van der Waals surface area (Å²) in [4.78, 5) is 21.3. The zero-order valence-corrected chi connectivity index (χ0v) is 13.8. The fourth-order valence-corrected chi connectivity index (χ4v) is 2.96. The molecule has 0 fully saturated rings. The Hall–Kier alpha value is -2.67. The molecule has 0 saturated heterocycles. The van der Waals surface area contributed by atoms with Crippen LogP contribution in [0.5, 0.6) is 0 Å². The lowest BCUT2D eigenvalue weighted by molar-refractivity contribution is -0.116. The van der Waals surface area contributed by atoms with E-state index in [-0.39, 0.29) is 5.91 Å². The van der Waals surface area contributed by atoms with Crippen LogP contribution in [0.1, 0.15) is 12.8 Å². The van der Waals surface area contributed by atoms with E-state index < -0.39 is 0 Å². The third-order valence-corrected chi connectivity index (χ3v) is 4.34. The molecule has 0 unspecified atom stereocenters. The van der Waals surface area contributed by atoms with Gasteiger partial charge in [-0.2, -0.15) is 5.10 Å². The molecule has 0 bridgehead atoms. The van der Waals surface area contributed by atoms with Gasteiger partial charge in [-0.15, -0.1) is 11.8 Å². The molecule has 122 valence electrons. The molecule has 0 radical (unpaired) electrons. The monoisotopic (exact) mass is 339 g/mol. The van der Waals surface area contributed by atoms with Crippen molar-refractivity contribution in [1.29, 1.82) is 0 Å². The second-order valence-electron chi connectivity index (χ2n) is 5.06. The van der Waals surface area contributed by atoms with E-state index in [0.717, 1.165) is 12.2 Å². The third kappa shape index (κ3) is 4.66. The molecule has 3 aromatic rings. The second kappa shape index (κ2) is 8.26. The standard InChI is InChI=1S/C17H17N5OS/c23-17(7-4-10-24-15-5-2-1-3-6-15)21-14-8-9-16(19-11-14)22-13-18-12-20-22/h1-3,5-6,8-9,11-13H,4,7,10H2,(H,21,23). The van der Waals surface area contributed by atoms with Crippen LogP contribution in [0.2, 0.25) is 0 Å².